The van der Waals surface area contributed by atoms with Crippen LogP contribution in [0.1, 0.15) is 34.0 Å². The number of rotatable bonds is 7. The smallest absolute Gasteiger partial charge is 0.159 e. The molecule has 0 fully saturated rings. The van der Waals surface area contributed by atoms with Gasteiger partial charge < -0.3 is 5.32 Å². The summed E-state index contributed by atoms with van der Waals surface area (Å²) in [7, 11) is 0. The van der Waals surface area contributed by atoms with Crippen LogP contribution in [0, 0.1) is 13.8 Å². The molecule has 3 heterocycles. The maximum atomic E-state index is 5.16. The second-order valence-electron chi connectivity index (χ2n) is 12.6. The van der Waals surface area contributed by atoms with E-state index in [0.717, 1.165) is 67.3 Å². The van der Waals surface area contributed by atoms with Crippen LogP contribution < -0.4 is 5.32 Å². The van der Waals surface area contributed by atoms with E-state index in [0.29, 0.717) is 5.84 Å². The molecule has 0 radical (unpaired) electrons. The van der Waals surface area contributed by atoms with Gasteiger partial charge in [0.05, 0.1) is 11.4 Å². The molecule has 240 valence electrons. The van der Waals surface area contributed by atoms with Gasteiger partial charge in [-0.2, -0.15) is 0 Å². The van der Waals surface area contributed by atoms with Crippen LogP contribution in [0.25, 0.3) is 44.8 Å². The normalized spacial score (nSPS) is 14.0. The highest BCUT2D eigenvalue weighted by Gasteiger charge is 2.22. The topological polar surface area (TPSA) is 62.5 Å². The van der Waals surface area contributed by atoms with Gasteiger partial charge in [-0.1, -0.05) is 120 Å². The van der Waals surface area contributed by atoms with Gasteiger partial charge in [0.25, 0.3) is 0 Å². The molecule has 5 nitrogen and oxygen atoms in total. The third-order valence-electron chi connectivity index (χ3n) is 9.01. The van der Waals surface area contributed by atoms with Gasteiger partial charge in [-0.05, 0) is 84.1 Å². The van der Waals surface area contributed by atoms with Crippen LogP contribution in [0.5, 0.6) is 0 Å². The lowest BCUT2D eigenvalue weighted by molar-refractivity contribution is 0.674. The zero-order valence-electron chi connectivity index (χ0n) is 28.0. The van der Waals surface area contributed by atoms with Crippen LogP contribution in [0.2, 0.25) is 0 Å². The summed E-state index contributed by atoms with van der Waals surface area (Å²) in [5, 5.41) is 3.68. The monoisotopic (exact) mass is 645 g/mol. The van der Waals surface area contributed by atoms with Crippen LogP contribution in [0.4, 0.5) is 0 Å². The standard InChI is InChI=1S/C45H35N5/c1-30-9-13-36(14-10-30)43-48-44(37-15-11-31(2)12-16-37)50-45(49-43)40-28-38(32-17-21-34(22-18-32)41-7-3-5-25-46-41)27-39(29-40)33-19-23-35(24-20-33)42-8-4-6-26-47-42/h3-29,43H,1-2H3,(H,48,49,50). The van der Waals surface area contributed by atoms with E-state index in [4.69, 9.17) is 9.98 Å². The SMILES string of the molecule is Cc1ccc(C2=NC(c3ccc(C)cc3)NC(c3cc(-c4ccc(-c5ccccn5)cc4)cc(-c4ccc(-c5ccccn5)cc4)c3)=N2)cc1. The molecule has 8 rings (SSSR count). The first kappa shape index (κ1) is 30.8. The Kier molecular flexibility index (Phi) is 8.37. The van der Waals surface area contributed by atoms with E-state index in [9.17, 15) is 0 Å². The first-order valence-electron chi connectivity index (χ1n) is 16.8. The van der Waals surface area contributed by atoms with Gasteiger partial charge >= 0.3 is 0 Å². The molecule has 2 aromatic heterocycles. The molecule has 0 saturated carbocycles. The lowest BCUT2D eigenvalue weighted by atomic mass is 9.94. The van der Waals surface area contributed by atoms with E-state index in [1.807, 2.05) is 48.8 Å². The van der Waals surface area contributed by atoms with Crippen LogP contribution in [0.3, 0.4) is 0 Å². The minimum Gasteiger partial charge on any atom is -0.344 e. The predicted octanol–water partition coefficient (Wildman–Crippen LogP) is 10.3. The molecular weight excluding hydrogens is 611 g/mol. The molecule has 50 heavy (non-hydrogen) atoms. The van der Waals surface area contributed by atoms with E-state index in [-0.39, 0.29) is 6.17 Å². The number of aryl methyl sites for hydroxylation is 2. The van der Waals surface area contributed by atoms with Crippen LogP contribution >= 0.6 is 0 Å². The molecule has 7 aromatic rings. The average molecular weight is 646 g/mol. The Morgan fingerprint density at radius 2 is 0.900 bits per heavy atom. The van der Waals surface area contributed by atoms with Gasteiger partial charge in [0, 0.05) is 34.6 Å². The Morgan fingerprint density at radius 3 is 1.40 bits per heavy atom. The maximum Gasteiger partial charge on any atom is 0.159 e. The quantitative estimate of drug-likeness (QED) is 0.188. The number of nitrogens with zero attached hydrogens (tertiary/aromatic N) is 4. The van der Waals surface area contributed by atoms with Crippen molar-refractivity contribution in [3.63, 3.8) is 0 Å². The minimum absolute atomic E-state index is 0.290. The van der Waals surface area contributed by atoms with E-state index in [1.54, 1.807) is 0 Å². The van der Waals surface area contributed by atoms with Crippen molar-refractivity contribution in [1.82, 2.24) is 15.3 Å². The number of benzene rings is 5. The summed E-state index contributed by atoms with van der Waals surface area (Å²) in [5.74, 6) is 1.48. The van der Waals surface area contributed by atoms with Gasteiger partial charge in [-0.3, -0.25) is 9.97 Å². The van der Waals surface area contributed by atoms with Gasteiger partial charge in [-0.25, -0.2) is 9.98 Å². The Hall–Kier alpha value is -6.46. The van der Waals surface area contributed by atoms with Crippen molar-refractivity contribution in [2.45, 2.75) is 20.0 Å². The van der Waals surface area contributed by atoms with E-state index < -0.39 is 0 Å². The highest BCUT2D eigenvalue weighted by atomic mass is 15.2. The highest BCUT2D eigenvalue weighted by molar-refractivity contribution is 6.13. The van der Waals surface area contributed by atoms with Gasteiger partial charge in [-0.15, -0.1) is 0 Å². The van der Waals surface area contributed by atoms with E-state index in [1.165, 1.54) is 11.1 Å². The fourth-order valence-electron chi connectivity index (χ4n) is 6.18. The Labute approximate surface area is 292 Å². The molecule has 0 bridgehead atoms. The third-order valence-corrected chi connectivity index (χ3v) is 9.01. The largest absolute Gasteiger partial charge is 0.344 e. The summed E-state index contributed by atoms with van der Waals surface area (Å²) in [4.78, 5) is 19.3. The summed E-state index contributed by atoms with van der Waals surface area (Å²) >= 11 is 0. The van der Waals surface area contributed by atoms with Crippen molar-refractivity contribution in [3.05, 3.63) is 192 Å². The second-order valence-corrected chi connectivity index (χ2v) is 12.6. The lowest BCUT2D eigenvalue weighted by Gasteiger charge is -2.24. The molecule has 0 aliphatic carbocycles. The summed E-state index contributed by atoms with van der Waals surface area (Å²) < 4.78 is 0. The van der Waals surface area contributed by atoms with Gasteiger partial charge in [0.1, 0.15) is 12.0 Å². The zero-order valence-corrected chi connectivity index (χ0v) is 28.0. The Morgan fingerprint density at radius 1 is 0.440 bits per heavy atom. The van der Waals surface area contributed by atoms with E-state index >= 15 is 0 Å². The first-order chi connectivity index (χ1) is 24.6. The minimum atomic E-state index is -0.290. The molecule has 1 N–H and O–H groups in total. The van der Waals surface area contributed by atoms with Gasteiger partial charge in [0.15, 0.2) is 5.84 Å². The third kappa shape index (κ3) is 6.62. The molecule has 5 heteroatoms. The maximum absolute atomic E-state index is 5.16. The number of aromatic nitrogens is 2. The highest BCUT2D eigenvalue weighted by Crippen LogP contribution is 2.32. The van der Waals surface area contributed by atoms with Crippen LogP contribution in [0.15, 0.2) is 174 Å². The summed E-state index contributed by atoms with van der Waals surface area (Å²) in [6, 6.07) is 52.8. The van der Waals surface area contributed by atoms with Gasteiger partial charge in [0.2, 0.25) is 0 Å². The average Bonchev–Trinajstić information content (AvgIpc) is 3.19. The number of hydrogen-bond donors (Lipinski definition) is 1. The van der Waals surface area contributed by atoms with Crippen molar-refractivity contribution in [1.29, 1.82) is 0 Å². The summed E-state index contributed by atoms with van der Waals surface area (Å²) in [6.45, 7) is 4.20. The molecule has 5 aromatic carbocycles. The summed E-state index contributed by atoms with van der Waals surface area (Å²) in [6.07, 6.45) is 3.36. The molecule has 0 amide bonds. The summed E-state index contributed by atoms with van der Waals surface area (Å²) in [5.41, 5.74) is 13.9. The molecule has 1 aliphatic rings. The number of nitrogens with one attached hydrogen (secondary N) is 1. The van der Waals surface area contributed by atoms with Crippen LogP contribution in [-0.4, -0.2) is 21.6 Å². The number of hydrogen-bond acceptors (Lipinski definition) is 5. The number of amidine groups is 2. The van der Waals surface area contributed by atoms with Crippen molar-refractivity contribution >= 4 is 11.7 Å². The predicted molar refractivity (Wildman–Crippen MR) is 205 cm³/mol. The lowest BCUT2D eigenvalue weighted by Crippen LogP contribution is -2.33. The first-order valence-corrected chi connectivity index (χ1v) is 16.8. The second kappa shape index (κ2) is 13.6. The van der Waals surface area contributed by atoms with Crippen molar-refractivity contribution in [3.8, 4) is 44.8 Å². The molecule has 0 spiro atoms. The zero-order chi connectivity index (χ0) is 33.9. The molecule has 0 saturated heterocycles. The van der Waals surface area contributed by atoms with E-state index in [2.05, 4.69) is 144 Å². The van der Waals surface area contributed by atoms with Crippen molar-refractivity contribution in [2.24, 2.45) is 9.98 Å². The molecule has 1 atom stereocenters. The molecular formula is C45H35N5. The Balaban J connectivity index is 1.24. The van der Waals surface area contributed by atoms with Crippen molar-refractivity contribution < 1.29 is 0 Å². The van der Waals surface area contributed by atoms with Crippen LogP contribution in [-0.2, 0) is 0 Å². The Bertz CT molecular complexity index is 2210. The fraction of sp³-hybridized carbons (Fsp3) is 0.0667. The number of pyridine rings is 2. The number of aliphatic imine (C=N–C) groups is 2. The molecule has 1 aliphatic heterocycles. The molecule has 1 unspecified atom stereocenters. The fourth-order valence-corrected chi connectivity index (χ4v) is 6.18. The van der Waals surface area contributed by atoms with Crippen molar-refractivity contribution in [2.75, 3.05) is 0 Å².